The third-order valence-corrected chi connectivity index (χ3v) is 2.97. The molecule has 0 spiro atoms. The Morgan fingerprint density at radius 1 is 1.37 bits per heavy atom. The lowest BCUT2D eigenvalue weighted by Crippen LogP contribution is -2.43. The summed E-state index contributed by atoms with van der Waals surface area (Å²) >= 11 is 7.95. The molecule has 7 heteroatoms. The fourth-order valence-corrected chi connectivity index (χ4v) is 1.69. The molecule has 0 bridgehead atoms. The van der Waals surface area contributed by atoms with Crippen molar-refractivity contribution in [3.63, 3.8) is 0 Å². The lowest BCUT2D eigenvalue weighted by atomic mass is 10.2. The molecule has 2 amide bonds. The number of thiocarbonyl (C=S) groups is 1. The highest BCUT2D eigenvalue weighted by atomic mass is 79.9. The van der Waals surface area contributed by atoms with Crippen molar-refractivity contribution in [2.75, 3.05) is 13.6 Å². The van der Waals surface area contributed by atoms with Crippen LogP contribution in [0.1, 0.15) is 5.56 Å². The topological polar surface area (TPSA) is 75.4 Å². The van der Waals surface area contributed by atoms with Crippen molar-refractivity contribution >= 4 is 45.0 Å². The Morgan fingerprint density at radius 2 is 1.95 bits per heavy atom. The lowest BCUT2D eigenvalue weighted by molar-refractivity contribution is -0.145. The fraction of sp³-hybridized carbons (Fsp3) is 0.250. The standard InChI is InChI=1S/C12H14BrN3O2S/c1-16(7-8-2-4-9(13)5-3-8)12(18)11(17)15-6-10(14)19/h2-5H,6-7H2,1H3,(H2,14,19)(H,15,17). The third-order valence-electron chi connectivity index (χ3n) is 2.30. The molecule has 0 heterocycles. The van der Waals surface area contributed by atoms with Gasteiger partial charge in [-0.15, -0.1) is 0 Å². The second-order valence-electron chi connectivity index (χ2n) is 3.94. The molecular weight excluding hydrogens is 330 g/mol. The van der Waals surface area contributed by atoms with E-state index in [4.69, 9.17) is 5.73 Å². The number of nitrogens with zero attached hydrogens (tertiary/aromatic N) is 1. The highest BCUT2D eigenvalue weighted by molar-refractivity contribution is 9.10. The first kappa shape index (κ1) is 15.6. The van der Waals surface area contributed by atoms with E-state index >= 15 is 0 Å². The maximum Gasteiger partial charge on any atom is 0.311 e. The van der Waals surface area contributed by atoms with Gasteiger partial charge in [0.05, 0.1) is 11.5 Å². The average molecular weight is 344 g/mol. The quantitative estimate of drug-likeness (QED) is 0.626. The van der Waals surface area contributed by atoms with E-state index in [9.17, 15) is 9.59 Å². The summed E-state index contributed by atoms with van der Waals surface area (Å²) in [5.41, 5.74) is 6.17. The first-order valence-electron chi connectivity index (χ1n) is 5.46. The summed E-state index contributed by atoms with van der Waals surface area (Å²) < 4.78 is 0.958. The molecule has 0 aliphatic heterocycles. The van der Waals surface area contributed by atoms with Crippen LogP contribution in [-0.2, 0) is 16.1 Å². The van der Waals surface area contributed by atoms with E-state index in [0.29, 0.717) is 6.54 Å². The monoisotopic (exact) mass is 343 g/mol. The first-order chi connectivity index (χ1) is 8.90. The van der Waals surface area contributed by atoms with Crippen LogP contribution in [0.4, 0.5) is 0 Å². The van der Waals surface area contributed by atoms with Gasteiger partial charge in [-0.2, -0.15) is 0 Å². The normalized spacial score (nSPS) is 9.79. The smallest absolute Gasteiger partial charge is 0.311 e. The van der Waals surface area contributed by atoms with E-state index in [0.717, 1.165) is 10.0 Å². The van der Waals surface area contributed by atoms with E-state index in [2.05, 4.69) is 33.5 Å². The molecule has 0 fully saturated rings. The molecule has 0 unspecified atom stereocenters. The molecule has 5 nitrogen and oxygen atoms in total. The highest BCUT2D eigenvalue weighted by Crippen LogP contribution is 2.11. The van der Waals surface area contributed by atoms with Crippen LogP contribution in [0.25, 0.3) is 0 Å². The average Bonchev–Trinajstić information content (AvgIpc) is 2.37. The van der Waals surface area contributed by atoms with E-state index in [1.165, 1.54) is 4.90 Å². The molecule has 0 atom stereocenters. The second-order valence-corrected chi connectivity index (χ2v) is 5.38. The van der Waals surface area contributed by atoms with Gasteiger partial charge in [0.25, 0.3) is 0 Å². The number of halogens is 1. The molecule has 3 N–H and O–H groups in total. The number of nitrogens with two attached hydrogens (primary N) is 1. The number of likely N-dealkylation sites (N-methyl/N-ethyl adjacent to an activating group) is 1. The highest BCUT2D eigenvalue weighted by Gasteiger charge is 2.18. The second kappa shape index (κ2) is 7.20. The molecule has 1 rings (SSSR count). The fourth-order valence-electron chi connectivity index (χ4n) is 1.35. The van der Waals surface area contributed by atoms with Gasteiger partial charge < -0.3 is 16.0 Å². The molecular formula is C12H14BrN3O2S. The van der Waals surface area contributed by atoms with Crippen LogP contribution in [0.2, 0.25) is 0 Å². The van der Waals surface area contributed by atoms with E-state index in [-0.39, 0.29) is 11.5 Å². The Morgan fingerprint density at radius 3 is 2.47 bits per heavy atom. The molecule has 0 aliphatic rings. The van der Waals surface area contributed by atoms with Crippen LogP contribution in [0, 0.1) is 0 Å². The number of nitrogens with one attached hydrogen (secondary N) is 1. The number of rotatable bonds is 4. The van der Waals surface area contributed by atoms with Crippen LogP contribution >= 0.6 is 28.1 Å². The Bertz CT molecular complexity index is 490. The minimum absolute atomic E-state index is 0.0199. The van der Waals surface area contributed by atoms with Gasteiger partial charge in [0.1, 0.15) is 0 Å². The van der Waals surface area contributed by atoms with Gasteiger partial charge in [-0.1, -0.05) is 40.3 Å². The molecule has 0 aromatic heterocycles. The van der Waals surface area contributed by atoms with Gasteiger partial charge in [-0.3, -0.25) is 9.59 Å². The van der Waals surface area contributed by atoms with Gasteiger partial charge in [-0.25, -0.2) is 0 Å². The van der Waals surface area contributed by atoms with E-state index in [1.807, 2.05) is 24.3 Å². The molecule has 1 aromatic rings. The first-order valence-corrected chi connectivity index (χ1v) is 6.66. The van der Waals surface area contributed by atoms with Gasteiger partial charge in [0.2, 0.25) is 0 Å². The van der Waals surface area contributed by atoms with Gasteiger partial charge in [0, 0.05) is 18.1 Å². The van der Waals surface area contributed by atoms with Crippen LogP contribution in [0.3, 0.4) is 0 Å². The number of carbonyl (C=O) groups is 2. The number of hydrogen-bond acceptors (Lipinski definition) is 3. The summed E-state index contributed by atoms with van der Waals surface area (Å²) in [4.78, 5) is 24.7. The zero-order chi connectivity index (χ0) is 14.4. The van der Waals surface area contributed by atoms with Crippen molar-refractivity contribution in [1.82, 2.24) is 10.2 Å². The van der Waals surface area contributed by atoms with Crippen LogP contribution in [-0.4, -0.2) is 35.3 Å². The molecule has 102 valence electrons. The minimum Gasteiger partial charge on any atom is -0.392 e. The van der Waals surface area contributed by atoms with Crippen molar-refractivity contribution < 1.29 is 9.59 Å². The van der Waals surface area contributed by atoms with Crippen molar-refractivity contribution in [2.24, 2.45) is 5.73 Å². The maximum atomic E-state index is 11.7. The van der Waals surface area contributed by atoms with Crippen molar-refractivity contribution in [1.29, 1.82) is 0 Å². The largest absolute Gasteiger partial charge is 0.392 e. The molecule has 19 heavy (non-hydrogen) atoms. The van der Waals surface area contributed by atoms with Gasteiger partial charge >= 0.3 is 11.8 Å². The summed E-state index contributed by atoms with van der Waals surface area (Å²) in [6.45, 7) is 0.374. The molecule has 0 radical (unpaired) electrons. The summed E-state index contributed by atoms with van der Waals surface area (Å²) in [5, 5.41) is 2.35. The van der Waals surface area contributed by atoms with Crippen LogP contribution in [0.5, 0.6) is 0 Å². The van der Waals surface area contributed by atoms with E-state index in [1.54, 1.807) is 7.05 Å². The summed E-state index contributed by atoms with van der Waals surface area (Å²) in [7, 11) is 1.56. The van der Waals surface area contributed by atoms with Gasteiger partial charge in [0.15, 0.2) is 0 Å². The lowest BCUT2D eigenvalue weighted by Gasteiger charge is -2.16. The predicted molar refractivity (Wildman–Crippen MR) is 80.4 cm³/mol. The van der Waals surface area contributed by atoms with Gasteiger partial charge in [-0.05, 0) is 17.7 Å². The van der Waals surface area contributed by atoms with Crippen molar-refractivity contribution in [3.8, 4) is 0 Å². The summed E-state index contributed by atoms with van der Waals surface area (Å²) in [5.74, 6) is -1.34. The number of benzene rings is 1. The van der Waals surface area contributed by atoms with E-state index < -0.39 is 11.8 Å². The van der Waals surface area contributed by atoms with Crippen LogP contribution < -0.4 is 11.1 Å². The van der Waals surface area contributed by atoms with Crippen molar-refractivity contribution in [2.45, 2.75) is 6.54 Å². The van der Waals surface area contributed by atoms with Crippen molar-refractivity contribution in [3.05, 3.63) is 34.3 Å². The summed E-state index contributed by atoms with van der Waals surface area (Å²) in [6, 6.07) is 7.50. The zero-order valence-electron chi connectivity index (χ0n) is 10.4. The Hall–Kier alpha value is -1.47. The Balaban J connectivity index is 2.54. The molecule has 1 aromatic carbocycles. The SMILES string of the molecule is CN(Cc1ccc(Br)cc1)C(=O)C(=O)NCC(N)=S. The number of amides is 2. The number of hydrogen-bond donors (Lipinski definition) is 2. The Kier molecular flexibility index (Phi) is 5.91. The maximum absolute atomic E-state index is 11.7. The third kappa shape index (κ3) is 5.35. The van der Waals surface area contributed by atoms with Crippen LogP contribution in [0.15, 0.2) is 28.7 Å². The molecule has 0 aliphatic carbocycles. The molecule has 0 saturated heterocycles. The number of carbonyl (C=O) groups excluding carboxylic acids is 2. The Labute approximate surface area is 125 Å². The summed E-state index contributed by atoms with van der Waals surface area (Å²) in [6.07, 6.45) is 0. The zero-order valence-corrected chi connectivity index (χ0v) is 12.8. The molecule has 0 saturated carbocycles. The minimum atomic E-state index is -0.715. The predicted octanol–water partition coefficient (Wildman–Crippen LogP) is 0.810.